The highest BCUT2D eigenvalue weighted by Gasteiger charge is 2.33. The van der Waals surface area contributed by atoms with Crippen LogP contribution < -0.4 is 24.0 Å². The van der Waals surface area contributed by atoms with Crippen molar-refractivity contribution in [2.24, 2.45) is 17.8 Å². The zero-order valence-electron chi connectivity index (χ0n) is 11.7. The van der Waals surface area contributed by atoms with Crippen molar-refractivity contribution in [3.63, 3.8) is 0 Å². The van der Waals surface area contributed by atoms with Crippen molar-refractivity contribution in [3.8, 4) is 0 Å². The molecule has 0 radical (unpaired) electrons. The maximum atomic E-state index is 2.59. The van der Waals surface area contributed by atoms with Crippen molar-refractivity contribution in [1.82, 2.24) is 0 Å². The Labute approximate surface area is 115 Å². The molecule has 0 rings (SSSR count). The second-order valence-electron chi connectivity index (χ2n) is 6.35. The van der Waals surface area contributed by atoms with Crippen molar-refractivity contribution in [3.05, 3.63) is 0 Å². The molecule has 0 heterocycles. The molecule has 2 heteroatoms. The van der Waals surface area contributed by atoms with Crippen molar-refractivity contribution in [1.29, 1.82) is 0 Å². The molecule has 0 N–H and O–H groups in total. The van der Waals surface area contributed by atoms with Gasteiger partial charge in [-0.05, 0) is 17.8 Å². The van der Waals surface area contributed by atoms with Crippen LogP contribution in [0.15, 0.2) is 0 Å². The molecule has 0 unspecified atom stereocenters. The first-order valence-electron chi connectivity index (χ1n) is 6.08. The summed E-state index contributed by atoms with van der Waals surface area (Å²) in [6.45, 7) is 16.8. The summed E-state index contributed by atoms with van der Waals surface area (Å²) in [5, 5.41) is 0. The van der Waals surface area contributed by atoms with E-state index in [1.807, 2.05) is 0 Å². The summed E-state index contributed by atoms with van der Waals surface area (Å²) in [6, 6.07) is 0. The van der Waals surface area contributed by atoms with Gasteiger partial charge in [0.1, 0.15) is 0 Å². The van der Waals surface area contributed by atoms with E-state index in [9.17, 15) is 0 Å². The molecular formula is C13H30IP. The van der Waals surface area contributed by atoms with Crippen LogP contribution >= 0.6 is 7.26 Å². The van der Waals surface area contributed by atoms with Gasteiger partial charge in [0.15, 0.2) is 0 Å². The van der Waals surface area contributed by atoms with Crippen molar-refractivity contribution in [2.75, 3.05) is 25.2 Å². The highest BCUT2D eigenvalue weighted by Crippen LogP contribution is 2.58. The normalized spacial score (nSPS) is 12.4. The van der Waals surface area contributed by atoms with Crippen LogP contribution in [0.3, 0.4) is 0 Å². The third-order valence-electron chi connectivity index (χ3n) is 2.42. The SMILES string of the molecule is CC(C)C[P+](C)(CC(C)C)CC(C)C.[I-]. The van der Waals surface area contributed by atoms with Crippen molar-refractivity contribution < 1.29 is 24.0 Å². The predicted octanol–water partition coefficient (Wildman–Crippen LogP) is 1.61. The molecule has 0 saturated carbocycles. The Morgan fingerprint density at radius 2 is 0.867 bits per heavy atom. The van der Waals surface area contributed by atoms with Gasteiger partial charge in [-0.3, -0.25) is 0 Å². The molecule has 0 nitrogen and oxygen atoms in total. The van der Waals surface area contributed by atoms with Crippen LogP contribution in [0.5, 0.6) is 0 Å². The summed E-state index contributed by atoms with van der Waals surface area (Å²) in [5.41, 5.74) is 0. The third-order valence-corrected chi connectivity index (χ3v) is 7.25. The molecule has 0 aliphatic carbocycles. The van der Waals surface area contributed by atoms with E-state index < -0.39 is 7.26 Å². The number of rotatable bonds is 6. The average Bonchev–Trinajstić information content (AvgIpc) is 1.76. The summed E-state index contributed by atoms with van der Waals surface area (Å²) in [5.74, 6) is 2.64. The van der Waals surface area contributed by atoms with Gasteiger partial charge in [-0.1, -0.05) is 41.5 Å². The molecule has 0 saturated heterocycles. The van der Waals surface area contributed by atoms with Crippen LogP contribution in [0.25, 0.3) is 0 Å². The lowest BCUT2D eigenvalue weighted by Crippen LogP contribution is -3.00. The summed E-state index contributed by atoms with van der Waals surface area (Å²) in [6.07, 6.45) is 4.47. The van der Waals surface area contributed by atoms with Gasteiger partial charge in [-0.25, -0.2) is 0 Å². The van der Waals surface area contributed by atoms with Gasteiger partial charge in [-0.2, -0.15) is 0 Å². The smallest absolute Gasteiger partial charge is 0.0614 e. The minimum Gasteiger partial charge on any atom is -1.00 e. The second kappa shape index (κ2) is 8.28. The monoisotopic (exact) mass is 344 g/mol. The van der Waals surface area contributed by atoms with Gasteiger partial charge in [0.2, 0.25) is 0 Å². The lowest BCUT2D eigenvalue weighted by atomic mass is 10.3. The van der Waals surface area contributed by atoms with Crippen molar-refractivity contribution >= 4 is 7.26 Å². The summed E-state index contributed by atoms with van der Waals surface area (Å²) >= 11 is 0. The molecule has 0 aromatic heterocycles. The number of halogens is 1. The molecule has 0 aliphatic heterocycles. The molecule has 0 fully saturated rings. The summed E-state index contributed by atoms with van der Waals surface area (Å²) in [7, 11) is -0.638. The van der Waals surface area contributed by atoms with Gasteiger partial charge >= 0.3 is 0 Å². The van der Waals surface area contributed by atoms with Gasteiger partial charge in [0.25, 0.3) is 0 Å². The molecule has 0 spiro atoms. The second-order valence-corrected chi connectivity index (χ2v) is 10.7. The molecule has 0 aliphatic rings. The molecule has 0 aromatic carbocycles. The van der Waals surface area contributed by atoms with Gasteiger partial charge in [-0.15, -0.1) is 0 Å². The molecule has 0 amide bonds. The lowest BCUT2D eigenvalue weighted by molar-refractivity contribution is -0.00000396. The molecular weight excluding hydrogens is 314 g/mol. The Kier molecular flexibility index (Phi) is 10.2. The minimum absolute atomic E-state index is 0. The molecule has 94 valence electrons. The van der Waals surface area contributed by atoms with E-state index in [4.69, 9.17) is 0 Å². The molecule has 15 heavy (non-hydrogen) atoms. The van der Waals surface area contributed by atoms with Crippen LogP contribution in [-0.4, -0.2) is 25.2 Å². The van der Waals surface area contributed by atoms with E-state index in [-0.39, 0.29) is 24.0 Å². The fraction of sp³-hybridized carbons (Fsp3) is 1.00. The van der Waals surface area contributed by atoms with Crippen LogP contribution in [0, 0.1) is 17.8 Å². The summed E-state index contributed by atoms with van der Waals surface area (Å²) < 4.78 is 0. The highest BCUT2D eigenvalue weighted by molar-refractivity contribution is 7.75. The Morgan fingerprint density at radius 3 is 1.00 bits per heavy atom. The van der Waals surface area contributed by atoms with Crippen molar-refractivity contribution in [2.45, 2.75) is 41.5 Å². The fourth-order valence-electron chi connectivity index (χ4n) is 2.87. The Bertz CT molecular complexity index is 126. The topological polar surface area (TPSA) is 0 Å². The van der Waals surface area contributed by atoms with Crippen LogP contribution in [0.2, 0.25) is 0 Å². The van der Waals surface area contributed by atoms with E-state index in [0.29, 0.717) is 0 Å². The van der Waals surface area contributed by atoms with Gasteiger partial charge in [0, 0.05) is 13.9 Å². The standard InChI is InChI=1S/C13H30P.HI/c1-11(2)8-14(7,9-12(3)4)10-13(5)6;/h11-13H,8-10H2,1-7H3;1H/q+1;/p-1. The number of hydrogen-bond donors (Lipinski definition) is 0. The van der Waals surface area contributed by atoms with Gasteiger partial charge < -0.3 is 24.0 Å². The Morgan fingerprint density at radius 1 is 0.667 bits per heavy atom. The van der Waals surface area contributed by atoms with E-state index in [0.717, 1.165) is 17.8 Å². The van der Waals surface area contributed by atoms with E-state index >= 15 is 0 Å². The zero-order valence-corrected chi connectivity index (χ0v) is 14.7. The largest absolute Gasteiger partial charge is 1.00 e. The Balaban J connectivity index is 0. The number of hydrogen-bond acceptors (Lipinski definition) is 0. The highest BCUT2D eigenvalue weighted by atomic mass is 127. The molecule has 0 atom stereocenters. The molecule has 0 aromatic rings. The first-order valence-corrected chi connectivity index (χ1v) is 8.88. The minimum atomic E-state index is -0.638. The van der Waals surface area contributed by atoms with E-state index in [1.165, 1.54) is 18.5 Å². The van der Waals surface area contributed by atoms with Gasteiger partial charge in [0.05, 0.1) is 18.5 Å². The van der Waals surface area contributed by atoms with Crippen LogP contribution in [0.1, 0.15) is 41.5 Å². The van der Waals surface area contributed by atoms with Crippen LogP contribution in [-0.2, 0) is 0 Å². The maximum absolute atomic E-state index is 2.59. The summed E-state index contributed by atoms with van der Waals surface area (Å²) in [4.78, 5) is 0. The fourth-order valence-corrected chi connectivity index (χ4v) is 8.60. The predicted molar refractivity (Wildman–Crippen MR) is 72.0 cm³/mol. The van der Waals surface area contributed by atoms with E-state index in [2.05, 4.69) is 48.2 Å². The Hall–Kier alpha value is 1.16. The van der Waals surface area contributed by atoms with E-state index in [1.54, 1.807) is 0 Å². The quantitative estimate of drug-likeness (QED) is 0.507. The maximum Gasteiger partial charge on any atom is 0.0614 e. The third kappa shape index (κ3) is 10.1. The molecule has 0 bridgehead atoms. The lowest BCUT2D eigenvalue weighted by Gasteiger charge is -2.28. The average molecular weight is 344 g/mol. The zero-order chi connectivity index (χ0) is 11.4. The van der Waals surface area contributed by atoms with Crippen LogP contribution in [0.4, 0.5) is 0 Å². The first kappa shape index (κ1) is 18.5. The first-order chi connectivity index (χ1) is 6.25.